The minimum atomic E-state index is 0.0629. The summed E-state index contributed by atoms with van der Waals surface area (Å²) in [6.07, 6.45) is 7.51. The third-order valence-electron chi connectivity index (χ3n) is 4.21. The van der Waals surface area contributed by atoms with E-state index >= 15 is 0 Å². The van der Waals surface area contributed by atoms with E-state index in [-0.39, 0.29) is 5.75 Å². The van der Waals surface area contributed by atoms with E-state index in [0.29, 0.717) is 22.0 Å². The highest BCUT2D eigenvalue weighted by Crippen LogP contribution is 2.32. The van der Waals surface area contributed by atoms with Gasteiger partial charge in [-0.05, 0) is 37.2 Å². The predicted molar refractivity (Wildman–Crippen MR) is 90.9 cm³/mol. The van der Waals surface area contributed by atoms with Crippen LogP contribution >= 0.6 is 12.2 Å². The van der Waals surface area contributed by atoms with E-state index in [2.05, 4.69) is 15.3 Å². The summed E-state index contributed by atoms with van der Waals surface area (Å²) in [6.45, 7) is 0. The van der Waals surface area contributed by atoms with Gasteiger partial charge in [0.25, 0.3) is 0 Å². The highest BCUT2D eigenvalue weighted by molar-refractivity contribution is 7.71. The monoisotopic (exact) mass is 332 g/mol. The molecule has 23 heavy (non-hydrogen) atoms. The van der Waals surface area contributed by atoms with Gasteiger partial charge in [-0.15, -0.1) is 0 Å². The summed E-state index contributed by atoms with van der Waals surface area (Å²) in [5.74, 6) is 1.73. The average molecular weight is 332 g/mol. The van der Waals surface area contributed by atoms with Crippen LogP contribution in [0.3, 0.4) is 0 Å². The number of aromatic hydroxyl groups is 1. The lowest BCUT2D eigenvalue weighted by Crippen LogP contribution is -2.10. The molecular formula is C16H20N4O2S. The van der Waals surface area contributed by atoms with Gasteiger partial charge in [-0.1, -0.05) is 25.3 Å². The van der Waals surface area contributed by atoms with Crippen molar-refractivity contribution in [3.8, 4) is 11.5 Å². The number of benzene rings is 1. The molecule has 0 radical (unpaired) electrons. The number of aromatic amines is 1. The quantitative estimate of drug-likeness (QED) is 0.663. The maximum atomic E-state index is 10.1. The van der Waals surface area contributed by atoms with Crippen LogP contribution in [-0.4, -0.2) is 33.3 Å². The van der Waals surface area contributed by atoms with E-state index in [1.165, 1.54) is 26.4 Å². The molecule has 1 heterocycles. The molecule has 1 aromatic carbocycles. The first-order valence-electron chi connectivity index (χ1n) is 7.78. The molecule has 0 saturated heterocycles. The number of rotatable bonds is 4. The molecule has 0 unspecified atom stereocenters. The molecule has 2 aromatic rings. The number of hydrogen-bond donors (Lipinski definition) is 2. The lowest BCUT2D eigenvalue weighted by Gasteiger charge is -2.19. The molecule has 1 aliphatic rings. The number of phenols is 1. The van der Waals surface area contributed by atoms with Crippen LogP contribution < -0.4 is 4.74 Å². The van der Waals surface area contributed by atoms with Crippen LogP contribution in [-0.2, 0) is 0 Å². The molecule has 3 rings (SSSR count). The Morgan fingerprint density at radius 2 is 2.17 bits per heavy atom. The SMILES string of the molecule is COc1cccc(/C=N/n2c(C3CCCCC3)n[nH]c2=S)c1O. The van der Waals surface area contributed by atoms with Gasteiger partial charge in [0.05, 0.1) is 13.3 Å². The predicted octanol–water partition coefficient (Wildman–Crippen LogP) is 3.58. The van der Waals surface area contributed by atoms with Gasteiger partial charge in [-0.2, -0.15) is 14.9 Å². The maximum absolute atomic E-state index is 10.1. The number of ether oxygens (including phenoxy) is 1. The van der Waals surface area contributed by atoms with Crippen molar-refractivity contribution < 1.29 is 9.84 Å². The van der Waals surface area contributed by atoms with Crippen LogP contribution in [0.25, 0.3) is 0 Å². The zero-order chi connectivity index (χ0) is 16.2. The standard InChI is InChI=1S/C16H20N4O2S/c1-22-13-9-5-8-12(14(13)21)10-17-20-15(18-19-16(20)23)11-6-3-2-4-7-11/h5,8-11,21H,2-4,6-7H2,1H3,(H,19,23)/b17-10+. The van der Waals surface area contributed by atoms with Crippen LogP contribution in [0, 0.1) is 4.77 Å². The molecule has 0 amide bonds. The van der Waals surface area contributed by atoms with E-state index in [1.807, 2.05) is 0 Å². The molecule has 0 bridgehead atoms. The lowest BCUT2D eigenvalue weighted by molar-refractivity contribution is 0.373. The third kappa shape index (κ3) is 3.29. The number of para-hydroxylation sites is 1. The summed E-state index contributed by atoms with van der Waals surface area (Å²) < 4.78 is 7.23. The number of nitrogens with zero attached hydrogens (tertiary/aromatic N) is 3. The van der Waals surface area contributed by atoms with Crippen molar-refractivity contribution in [2.75, 3.05) is 7.11 Å². The molecular weight excluding hydrogens is 312 g/mol. The highest BCUT2D eigenvalue weighted by Gasteiger charge is 2.21. The molecule has 0 atom stereocenters. The van der Waals surface area contributed by atoms with Crippen molar-refractivity contribution in [3.05, 3.63) is 34.4 Å². The highest BCUT2D eigenvalue weighted by atomic mass is 32.1. The second-order valence-electron chi connectivity index (χ2n) is 5.68. The minimum Gasteiger partial charge on any atom is -0.504 e. The normalized spacial score (nSPS) is 16.0. The molecule has 0 aliphatic heterocycles. The summed E-state index contributed by atoms with van der Waals surface area (Å²) in [5.41, 5.74) is 0.571. The fourth-order valence-electron chi connectivity index (χ4n) is 2.97. The number of phenolic OH excluding ortho intramolecular Hbond substituents is 1. The molecule has 0 spiro atoms. The summed E-state index contributed by atoms with van der Waals surface area (Å²) in [5, 5.41) is 21.7. The van der Waals surface area contributed by atoms with Gasteiger partial charge in [-0.3, -0.25) is 5.10 Å². The number of hydrogen-bond acceptors (Lipinski definition) is 5. The molecule has 122 valence electrons. The Morgan fingerprint density at radius 3 is 2.91 bits per heavy atom. The van der Waals surface area contributed by atoms with Crippen LogP contribution in [0.15, 0.2) is 23.3 Å². The number of H-pyrrole nitrogens is 1. The minimum absolute atomic E-state index is 0.0629. The maximum Gasteiger partial charge on any atom is 0.216 e. The first kappa shape index (κ1) is 15.7. The van der Waals surface area contributed by atoms with Gasteiger partial charge in [0.1, 0.15) is 0 Å². The number of nitrogens with one attached hydrogen (secondary N) is 1. The molecule has 7 heteroatoms. The zero-order valence-corrected chi connectivity index (χ0v) is 13.8. The van der Waals surface area contributed by atoms with Crippen molar-refractivity contribution in [2.24, 2.45) is 5.10 Å². The van der Waals surface area contributed by atoms with Crippen molar-refractivity contribution in [3.63, 3.8) is 0 Å². The molecule has 1 aromatic heterocycles. The fourth-order valence-corrected chi connectivity index (χ4v) is 3.15. The summed E-state index contributed by atoms with van der Waals surface area (Å²) in [7, 11) is 1.52. The van der Waals surface area contributed by atoms with Crippen LogP contribution in [0.1, 0.15) is 49.4 Å². The number of methoxy groups -OCH3 is 1. The largest absolute Gasteiger partial charge is 0.504 e. The van der Waals surface area contributed by atoms with Crippen molar-refractivity contribution >= 4 is 18.4 Å². The van der Waals surface area contributed by atoms with E-state index in [9.17, 15) is 5.11 Å². The summed E-state index contributed by atoms with van der Waals surface area (Å²) >= 11 is 5.28. The van der Waals surface area contributed by atoms with Crippen molar-refractivity contribution in [1.82, 2.24) is 14.9 Å². The topological polar surface area (TPSA) is 75.4 Å². The zero-order valence-electron chi connectivity index (χ0n) is 13.0. The second kappa shape index (κ2) is 6.95. The van der Waals surface area contributed by atoms with Crippen LogP contribution in [0.4, 0.5) is 0 Å². The Labute approximate surface area is 139 Å². The van der Waals surface area contributed by atoms with Crippen molar-refractivity contribution in [1.29, 1.82) is 0 Å². The van der Waals surface area contributed by atoms with Crippen LogP contribution in [0.5, 0.6) is 11.5 Å². The third-order valence-corrected chi connectivity index (χ3v) is 4.47. The lowest BCUT2D eigenvalue weighted by atomic mass is 9.89. The molecule has 1 saturated carbocycles. The fraction of sp³-hybridized carbons (Fsp3) is 0.438. The number of aromatic nitrogens is 3. The smallest absolute Gasteiger partial charge is 0.216 e. The Morgan fingerprint density at radius 1 is 1.39 bits per heavy atom. The van der Waals surface area contributed by atoms with Gasteiger partial charge in [0, 0.05) is 11.5 Å². The van der Waals surface area contributed by atoms with E-state index in [4.69, 9.17) is 17.0 Å². The Kier molecular flexibility index (Phi) is 4.76. The molecule has 1 fully saturated rings. The molecule has 6 nitrogen and oxygen atoms in total. The van der Waals surface area contributed by atoms with E-state index in [0.717, 1.165) is 18.7 Å². The van der Waals surface area contributed by atoms with Gasteiger partial charge in [0.2, 0.25) is 4.77 Å². The second-order valence-corrected chi connectivity index (χ2v) is 6.06. The molecule has 1 aliphatic carbocycles. The Bertz CT molecular complexity index is 760. The van der Waals surface area contributed by atoms with Crippen molar-refractivity contribution in [2.45, 2.75) is 38.0 Å². The van der Waals surface area contributed by atoms with Gasteiger partial charge in [0.15, 0.2) is 17.3 Å². The van der Waals surface area contributed by atoms with E-state index < -0.39 is 0 Å². The summed E-state index contributed by atoms with van der Waals surface area (Å²) in [4.78, 5) is 0. The first-order chi connectivity index (χ1) is 11.2. The first-order valence-corrected chi connectivity index (χ1v) is 8.19. The Hall–Kier alpha value is -2.15. The van der Waals surface area contributed by atoms with E-state index in [1.54, 1.807) is 29.1 Å². The van der Waals surface area contributed by atoms with Gasteiger partial charge < -0.3 is 9.84 Å². The average Bonchev–Trinajstić information content (AvgIpc) is 2.95. The van der Waals surface area contributed by atoms with Gasteiger partial charge >= 0.3 is 0 Å². The molecule has 2 N–H and O–H groups in total. The summed E-state index contributed by atoms with van der Waals surface area (Å²) in [6, 6.07) is 5.27. The van der Waals surface area contributed by atoms with Gasteiger partial charge in [-0.25, -0.2) is 0 Å². The van der Waals surface area contributed by atoms with Crippen LogP contribution in [0.2, 0.25) is 0 Å². The Balaban J connectivity index is 1.91.